The molecule has 0 bridgehead atoms. The van der Waals surface area contributed by atoms with Gasteiger partial charge < -0.3 is 40.0 Å². The fourth-order valence-corrected chi connectivity index (χ4v) is 4.50. The van der Waals surface area contributed by atoms with Crippen molar-refractivity contribution in [2.45, 2.75) is 50.0 Å². The van der Waals surface area contributed by atoms with E-state index in [4.69, 9.17) is 4.74 Å². The zero-order valence-electron chi connectivity index (χ0n) is 20.4. The Kier molecular flexibility index (Phi) is 7.20. The number of carbonyl (C=O) groups is 2. The maximum Gasteiger partial charge on any atom is 0.407 e. The minimum Gasteiger partial charge on any atom is -0.467 e. The number of alkyl carbamates (subject to hydrolysis) is 1. The second kappa shape index (κ2) is 10.1. The molecule has 3 aromatic heterocycles. The highest BCUT2D eigenvalue weighted by atomic mass is 16.6. The number of hydrogen-bond donors (Lipinski definition) is 5. The lowest BCUT2D eigenvalue weighted by atomic mass is 10.1. The van der Waals surface area contributed by atoms with E-state index in [1.165, 1.54) is 19.9 Å². The van der Waals surface area contributed by atoms with Gasteiger partial charge in [-0.25, -0.2) is 24.0 Å². The number of imidazole rings is 2. The number of esters is 1. The predicted octanol–water partition coefficient (Wildman–Crippen LogP) is -2.90. The summed E-state index contributed by atoms with van der Waals surface area (Å²) in [5, 5.41) is 43.0. The third-order valence-electron chi connectivity index (χ3n) is 6.44. The highest BCUT2D eigenvalue weighted by Crippen LogP contribution is 2.31. The number of nitrogens with one attached hydrogen (secondary N) is 1. The van der Waals surface area contributed by atoms with Crippen molar-refractivity contribution in [3.05, 3.63) is 28.1 Å². The SMILES string of the molecule is COC(=O)N[C@@H](C(=O)OC)[C@@H](O)Cc1c(C)nc2n(C)c3c(ncn3[C@@H]3O[C@H](CO)[C@@H](O)[C@H]3O)c(=O)n12. The monoisotopic (exact) mass is 524 g/mol. The average molecular weight is 524 g/mol. The van der Waals surface area contributed by atoms with E-state index in [1.54, 1.807) is 14.0 Å². The lowest BCUT2D eigenvalue weighted by molar-refractivity contribution is -0.146. The van der Waals surface area contributed by atoms with Crippen molar-refractivity contribution in [3.8, 4) is 0 Å². The molecule has 0 aliphatic carbocycles. The smallest absolute Gasteiger partial charge is 0.407 e. The van der Waals surface area contributed by atoms with Crippen LogP contribution in [0.2, 0.25) is 0 Å². The van der Waals surface area contributed by atoms with Crippen LogP contribution in [0.15, 0.2) is 11.1 Å². The normalized spacial score (nSPS) is 23.4. The number of hydrogen-bond acceptors (Lipinski definition) is 12. The topological polar surface area (TPSA) is 212 Å². The van der Waals surface area contributed by atoms with Gasteiger partial charge in [0.25, 0.3) is 5.56 Å². The quantitative estimate of drug-likeness (QED) is 0.197. The highest BCUT2D eigenvalue weighted by molar-refractivity contribution is 5.82. The van der Waals surface area contributed by atoms with Crippen LogP contribution in [0.1, 0.15) is 17.6 Å². The van der Waals surface area contributed by atoms with Gasteiger partial charge in [-0.05, 0) is 6.92 Å². The van der Waals surface area contributed by atoms with Gasteiger partial charge >= 0.3 is 12.1 Å². The summed E-state index contributed by atoms with van der Waals surface area (Å²) in [6.45, 7) is 1.08. The Balaban J connectivity index is 1.79. The summed E-state index contributed by atoms with van der Waals surface area (Å²) in [7, 11) is 3.79. The molecule has 0 aromatic carbocycles. The average Bonchev–Trinajstić information content (AvgIpc) is 3.55. The highest BCUT2D eigenvalue weighted by Gasteiger charge is 2.44. The van der Waals surface area contributed by atoms with E-state index >= 15 is 0 Å². The first-order valence-corrected chi connectivity index (χ1v) is 11.2. The Morgan fingerprint density at radius 3 is 2.54 bits per heavy atom. The lowest BCUT2D eigenvalue weighted by Gasteiger charge is -2.21. The Hall–Kier alpha value is -3.57. The molecule has 4 heterocycles. The van der Waals surface area contributed by atoms with Crippen molar-refractivity contribution in [2.24, 2.45) is 7.05 Å². The van der Waals surface area contributed by atoms with Crippen molar-refractivity contribution in [2.75, 3.05) is 20.8 Å². The summed E-state index contributed by atoms with van der Waals surface area (Å²) in [5.41, 5.74) is 0.211. The molecule has 0 radical (unpaired) electrons. The van der Waals surface area contributed by atoms with Gasteiger partial charge in [-0.3, -0.25) is 13.9 Å². The van der Waals surface area contributed by atoms with E-state index in [0.717, 1.165) is 14.2 Å². The van der Waals surface area contributed by atoms with E-state index in [0.29, 0.717) is 5.69 Å². The summed E-state index contributed by atoms with van der Waals surface area (Å²) >= 11 is 0. The van der Waals surface area contributed by atoms with Gasteiger partial charge in [0.2, 0.25) is 5.78 Å². The summed E-state index contributed by atoms with van der Waals surface area (Å²) in [6.07, 6.45) is -6.39. The number of aromatic nitrogens is 5. The van der Waals surface area contributed by atoms with Gasteiger partial charge in [-0.15, -0.1) is 0 Å². The van der Waals surface area contributed by atoms with Crippen LogP contribution in [-0.4, -0.2) is 107 Å². The molecule has 6 atom stereocenters. The largest absolute Gasteiger partial charge is 0.467 e. The van der Waals surface area contributed by atoms with E-state index in [9.17, 15) is 34.8 Å². The first kappa shape index (κ1) is 26.5. The van der Waals surface area contributed by atoms with Crippen LogP contribution in [0.4, 0.5) is 4.79 Å². The predicted molar refractivity (Wildman–Crippen MR) is 123 cm³/mol. The van der Waals surface area contributed by atoms with Crippen molar-refractivity contribution in [3.63, 3.8) is 0 Å². The molecule has 0 spiro atoms. The molecule has 16 heteroatoms. The Bertz CT molecular complexity index is 1400. The number of aryl methyl sites for hydroxylation is 2. The van der Waals surface area contributed by atoms with Crippen LogP contribution in [-0.2, 0) is 32.5 Å². The fourth-order valence-electron chi connectivity index (χ4n) is 4.50. The third kappa shape index (κ3) is 4.31. The second-order valence-corrected chi connectivity index (χ2v) is 8.60. The van der Waals surface area contributed by atoms with E-state index in [-0.39, 0.29) is 29.1 Å². The number of nitrogens with zero attached hydrogens (tertiary/aromatic N) is 5. The molecule has 1 saturated heterocycles. The zero-order valence-corrected chi connectivity index (χ0v) is 20.4. The van der Waals surface area contributed by atoms with Gasteiger partial charge in [0.15, 0.2) is 23.4 Å². The van der Waals surface area contributed by atoms with Gasteiger partial charge in [-0.1, -0.05) is 0 Å². The molecular weight excluding hydrogens is 496 g/mol. The van der Waals surface area contributed by atoms with Crippen LogP contribution in [0.3, 0.4) is 0 Å². The number of carbonyl (C=O) groups excluding carboxylic acids is 2. The van der Waals surface area contributed by atoms with Crippen molar-refractivity contribution >= 4 is 29.0 Å². The maximum atomic E-state index is 13.5. The molecule has 202 valence electrons. The van der Waals surface area contributed by atoms with Crippen molar-refractivity contribution in [1.82, 2.24) is 28.8 Å². The minimum absolute atomic E-state index is 0.0296. The van der Waals surface area contributed by atoms with Crippen LogP contribution < -0.4 is 10.9 Å². The number of ether oxygens (including phenoxy) is 3. The minimum atomic E-state index is -1.51. The van der Waals surface area contributed by atoms with E-state index in [1.807, 2.05) is 0 Å². The Labute approximate surface area is 208 Å². The van der Waals surface area contributed by atoms with Crippen molar-refractivity contribution in [1.29, 1.82) is 0 Å². The van der Waals surface area contributed by atoms with E-state index in [2.05, 4.69) is 24.8 Å². The van der Waals surface area contributed by atoms with Crippen LogP contribution in [0.5, 0.6) is 0 Å². The fraction of sp³-hybridized carbons (Fsp3) is 0.571. The van der Waals surface area contributed by atoms with Crippen molar-refractivity contribution < 1.29 is 44.2 Å². The summed E-state index contributed by atoms with van der Waals surface area (Å²) in [6, 6.07) is -1.49. The van der Waals surface area contributed by atoms with Gasteiger partial charge in [-0.2, -0.15) is 0 Å². The zero-order chi connectivity index (χ0) is 27.2. The lowest BCUT2D eigenvalue weighted by Crippen LogP contribution is -2.50. The number of fused-ring (bicyclic) bond motifs is 2. The molecular formula is C21H28N6O10. The Morgan fingerprint density at radius 1 is 1.24 bits per heavy atom. The summed E-state index contributed by atoms with van der Waals surface area (Å²) in [5.74, 6) is -0.766. The summed E-state index contributed by atoms with van der Waals surface area (Å²) in [4.78, 5) is 46.0. The molecule has 1 amide bonds. The number of methoxy groups -OCH3 is 2. The first-order valence-electron chi connectivity index (χ1n) is 11.2. The second-order valence-electron chi connectivity index (χ2n) is 8.60. The number of aliphatic hydroxyl groups excluding tert-OH is 4. The molecule has 1 aliphatic rings. The van der Waals surface area contributed by atoms with Gasteiger partial charge in [0.05, 0.1) is 44.6 Å². The maximum absolute atomic E-state index is 13.5. The molecule has 4 rings (SSSR count). The molecule has 1 fully saturated rings. The molecule has 0 unspecified atom stereocenters. The standard InChI is InChI=1S/C21H28N6O10/c1-8-9(5-10(29)12(19(33)35-3)24-21(34)36-4)27-17(32)13-16(25(2)20(27)23-8)26(7-22-13)18-15(31)14(30)11(6-28)37-18/h7,10-12,14-15,18,28-31H,5-6H2,1-4H3,(H,24,34)/t10-,11+,12+,14+,15+,18+/m0/s1. The number of aliphatic hydroxyl groups is 4. The first-order chi connectivity index (χ1) is 17.5. The molecule has 5 N–H and O–H groups in total. The molecule has 0 saturated carbocycles. The summed E-state index contributed by atoms with van der Waals surface area (Å²) < 4.78 is 18.9. The van der Waals surface area contributed by atoms with E-state index < -0.39 is 60.9 Å². The van der Waals surface area contributed by atoms with Crippen LogP contribution in [0, 0.1) is 6.92 Å². The van der Waals surface area contributed by atoms with Gasteiger partial charge in [0.1, 0.15) is 18.3 Å². The molecule has 1 aliphatic heterocycles. The third-order valence-corrected chi connectivity index (χ3v) is 6.44. The number of rotatable bonds is 7. The number of amides is 1. The van der Waals surface area contributed by atoms with Crippen LogP contribution >= 0.6 is 0 Å². The van der Waals surface area contributed by atoms with Crippen LogP contribution in [0.25, 0.3) is 16.9 Å². The molecule has 37 heavy (non-hydrogen) atoms. The molecule has 16 nitrogen and oxygen atoms in total. The Morgan fingerprint density at radius 2 is 1.95 bits per heavy atom. The van der Waals surface area contributed by atoms with Gasteiger partial charge in [0, 0.05) is 13.5 Å². The molecule has 3 aromatic rings.